The van der Waals surface area contributed by atoms with Crippen LogP contribution in [0, 0.1) is 12.3 Å². The Morgan fingerprint density at radius 2 is 1.71 bits per heavy atom. The van der Waals surface area contributed by atoms with Crippen molar-refractivity contribution in [2.75, 3.05) is 19.1 Å². The van der Waals surface area contributed by atoms with E-state index < -0.39 is 5.92 Å². The number of hydrogen-bond acceptors (Lipinski definition) is 5. The lowest BCUT2D eigenvalue weighted by atomic mass is 9.73. The lowest BCUT2D eigenvalue weighted by molar-refractivity contribution is -0.116. The Morgan fingerprint density at radius 1 is 1.00 bits per heavy atom. The van der Waals surface area contributed by atoms with Crippen LogP contribution < -0.4 is 14.4 Å². The Bertz CT molecular complexity index is 1470. The van der Waals surface area contributed by atoms with Gasteiger partial charge in [-0.05, 0) is 62.2 Å². The number of nitrogens with one attached hydrogen (secondary N) is 1. The molecule has 194 valence electrons. The molecule has 1 unspecified atom stereocenters. The first kappa shape index (κ1) is 25.6. The molecule has 3 aromatic rings. The highest BCUT2D eigenvalue weighted by Crippen LogP contribution is 2.50. The predicted molar refractivity (Wildman–Crippen MR) is 151 cm³/mol. The summed E-state index contributed by atoms with van der Waals surface area (Å²) in [5.41, 5.74) is 4.60. The number of carbonyl (C=O) groups excluding carboxylic acids is 1. The van der Waals surface area contributed by atoms with Crippen LogP contribution in [0.25, 0.3) is 5.76 Å². The lowest BCUT2D eigenvalue weighted by Gasteiger charge is -2.42. The van der Waals surface area contributed by atoms with Gasteiger partial charge in [0, 0.05) is 45.1 Å². The van der Waals surface area contributed by atoms with Crippen LogP contribution in [0.4, 0.5) is 5.69 Å². The van der Waals surface area contributed by atoms with Gasteiger partial charge in [0.2, 0.25) is 0 Å². The summed E-state index contributed by atoms with van der Waals surface area (Å²) in [4.78, 5) is 15.5. The molecule has 0 saturated carbocycles. The van der Waals surface area contributed by atoms with E-state index in [1.54, 1.807) is 43.4 Å². The molecule has 2 N–H and O–H groups in total. The fourth-order valence-electron chi connectivity index (χ4n) is 5.31. The molecule has 5 rings (SSSR count). The van der Waals surface area contributed by atoms with Gasteiger partial charge in [0.25, 0.3) is 0 Å². The minimum absolute atomic E-state index is 0.0122. The molecule has 1 aliphatic heterocycles. The SMILES string of the molecule is COc1ccc(OC)c(C2C(=C(O)c3ccc(C)cc3)C(=N)N(c3ccc(Cl)cc3)C3=C2C(=O)CCC3)c1. The van der Waals surface area contributed by atoms with Crippen LogP contribution in [0.5, 0.6) is 11.5 Å². The second-order valence-corrected chi connectivity index (χ2v) is 9.90. The maximum absolute atomic E-state index is 13.7. The zero-order chi connectivity index (χ0) is 27.0. The van der Waals surface area contributed by atoms with Crippen molar-refractivity contribution in [3.63, 3.8) is 0 Å². The monoisotopic (exact) mass is 528 g/mol. The number of benzene rings is 3. The Kier molecular flexibility index (Phi) is 7.00. The molecule has 1 atom stereocenters. The quantitative estimate of drug-likeness (QED) is 0.341. The minimum Gasteiger partial charge on any atom is -0.507 e. The van der Waals surface area contributed by atoms with E-state index in [1.165, 1.54) is 0 Å². The van der Waals surface area contributed by atoms with Crippen molar-refractivity contribution in [1.82, 2.24) is 0 Å². The van der Waals surface area contributed by atoms with Gasteiger partial charge in [0.05, 0.1) is 20.1 Å². The van der Waals surface area contributed by atoms with Gasteiger partial charge in [-0.15, -0.1) is 0 Å². The van der Waals surface area contributed by atoms with Gasteiger partial charge in [-0.2, -0.15) is 0 Å². The first-order valence-corrected chi connectivity index (χ1v) is 12.8. The lowest BCUT2D eigenvalue weighted by Crippen LogP contribution is -2.42. The molecule has 38 heavy (non-hydrogen) atoms. The maximum atomic E-state index is 13.7. The van der Waals surface area contributed by atoms with Crippen molar-refractivity contribution >= 4 is 34.7 Å². The van der Waals surface area contributed by atoms with Crippen LogP contribution in [0.15, 0.2) is 83.6 Å². The van der Waals surface area contributed by atoms with Crippen molar-refractivity contribution in [1.29, 1.82) is 5.41 Å². The van der Waals surface area contributed by atoms with Gasteiger partial charge in [-0.3, -0.25) is 15.1 Å². The number of amidine groups is 1. The van der Waals surface area contributed by atoms with Crippen molar-refractivity contribution < 1.29 is 19.4 Å². The molecule has 6 nitrogen and oxygen atoms in total. The van der Waals surface area contributed by atoms with E-state index in [9.17, 15) is 15.3 Å². The van der Waals surface area contributed by atoms with E-state index in [4.69, 9.17) is 21.1 Å². The van der Waals surface area contributed by atoms with Gasteiger partial charge < -0.3 is 14.6 Å². The van der Waals surface area contributed by atoms with E-state index in [0.717, 1.165) is 11.3 Å². The first-order chi connectivity index (χ1) is 18.3. The molecular weight excluding hydrogens is 500 g/mol. The molecule has 0 aromatic heterocycles. The number of rotatable bonds is 5. The van der Waals surface area contributed by atoms with Gasteiger partial charge >= 0.3 is 0 Å². The summed E-state index contributed by atoms with van der Waals surface area (Å²) in [7, 11) is 3.15. The molecule has 0 fully saturated rings. The fourth-order valence-corrected chi connectivity index (χ4v) is 5.44. The normalized spacial score (nSPS) is 18.8. The molecule has 1 aliphatic carbocycles. The fraction of sp³-hybridized carbons (Fsp3) is 0.226. The third kappa shape index (κ3) is 4.45. The molecule has 0 amide bonds. The number of carbonyl (C=O) groups is 1. The third-order valence-corrected chi connectivity index (χ3v) is 7.42. The number of aliphatic hydroxyl groups excluding tert-OH is 1. The highest BCUT2D eigenvalue weighted by molar-refractivity contribution is 6.30. The van der Waals surface area contributed by atoms with E-state index in [2.05, 4.69) is 0 Å². The zero-order valence-corrected chi connectivity index (χ0v) is 22.3. The number of hydrogen-bond donors (Lipinski definition) is 2. The van der Waals surface area contributed by atoms with Crippen LogP contribution in [-0.4, -0.2) is 30.9 Å². The van der Waals surface area contributed by atoms with Crippen molar-refractivity contribution in [2.45, 2.75) is 32.1 Å². The molecule has 0 spiro atoms. The van der Waals surface area contributed by atoms with Crippen molar-refractivity contribution in [3.05, 3.63) is 105 Å². The number of methoxy groups -OCH3 is 2. The highest BCUT2D eigenvalue weighted by Gasteiger charge is 2.44. The molecule has 0 saturated heterocycles. The van der Waals surface area contributed by atoms with Crippen LogP contribution >= 0.6 is 11.6 Å². The average Bonchev–Trinajstić information content (AvgIpc) is 2.93. The molecule has 0 bridgehead atoms. The van der Waals surface area contributed by atoms with Gasteiger partial charge in [-0.1, -0.05) is 41.4 Å². The van der Waals surface area contributed by atoms with E-state index in [-0.39, 0.29) is 17.4 Å². The van der Waals surface area contributed by atoms with Crippen molar-refractivity contribution in [3.8, 4) is 11.5 Å². The number of aliphatic hydroxyl groups is 1. The topological polar surface area (TPSA) is 82.8 Å². The Hall–Kier alpha value is -4.03. The van der Waals surface area contributed by atoms with Gasteiger partial charge in [-0.25, -0.2) is 0 Å². The molecule has 2 aliphatic rings. The summed E-state index contributed by atoms with van der Waals surface area (Å²) in [6, 6.07) is 20.0. The van der Waals surface area contributed by atoms with Gasteiger partial charge in [0.15, 0.2) is 5.78 Å². The van der Waals surface area contributed by atoms with Crippen LogP contribution in [0.3, 0.4) is 0 Å². The van der Waals surface area contributed by atoms with Crippen molar-refractivity contribution in [2.24, 2.45) is 0 Å². The number of aryl methyl sites for hydroxylation is 1. The molecular formula is C31H29ClN2O4. The largest absolute Gasteiger partial charge is 0.507 e. The summed E-state index contributed by atoms with van der Waals surface area (Å²) in [5, 5.41) is 21.8. The maximum Gasteiger partial charge on any atom is 0.161 e. The Labute approximate surface area is 227 Å². The number of Topliss-reactive ketones (excluding diaryl/α,β-unsaturated/α-hetero) is 1. The van der Waals surface area contributed by atoms with Gasteiger partial charge in [0.1, 0.15) is 23.1 Å². The smallest absolute Gasteiger partial charge is 0.161 e. The minimum atomic E-state index is -0.722. The second kappa shape index (κ2) is 10.4. The molecule has 3 aromatic carbocycles. The molecule has 0 radical (unpaired) electrons. The number of anilines is 1. The van der Waals surface area contributed by atoms with E-state index >= 15 is 0 Å². The summed E-state index contributed by atoms with van der Waals surface area (Å²) in [6.45, 7) is 1.97. The summed E-state index contributed by atoms with van der Waals surface area (Å²) >= 11 is 6.17. The van der Waals surface area contributed by atoms with E-state index in [1.807, 2.05) is 49.4 Å². The van der Waals surface area contributed by atoms with Crippen LogP contribution in [0.1, 0.15) is 41.9 Å². The standard InChI is InChI=1S/C31H29ClN2O4/c1-18-7-9-19(10-8-18)30(36)29-27(23-17-22(37-2)15-16-26(23)38-3)28-24(5-4-6-25(28)35)34(31(29)33)21-13-11-20(32)12-14-21/h7-17,27,33,36H,4-6H2,1-3H3. The summed E-state index contributed by atoms with van der Waals surface area (Å²) < 4.78 is 11.2. The summed E-state index contributed by atoms with van der Waals surface area (Å²) in [5.74, 6) is 0.430. The predicted octanol–water partition coefficient (Wildman–Crippen LogP) is 7.22. The number of ether oxygens (including phenoxy) is 2. The number of nitrogens with zero attached hydrogens (tertiary/aromatic N) is 1. The van der Waals surface area contributed by atoms with Crippen LogP contribution in [0.2, 0.25) is 5.02 Å². The number of ketones is 1. The first-order valence-electron chi connectivity index (χ1n) is 12.5. The Balaban J connectivity index is 1.86. The number of halogens is 1. The third-order valence-electron chi connectivity index (χ3n) is 7.17. The highest BCUT2D eigenvalue weighted by atomic mass is 35.5. The molecule has 7 heteroatoms. The Morgan fingerprint density at radius 3 is 2.37 bits per heavy atom. The zero-order valence-electron chi connectivity index (χ0n) is 21.5. The summed E-state index contributed by atoms with van der Waals surface area (Å²) in [6.07, 6.45) is 1.69. The molecule has 1 heterocycles. The average molecular weight is 529 g/mol. The number of allylic oxidation sites excluding steroid dienone is 2. The van der Waals surface area contributed by atoms with Crippen LogP contribution in [-0.2, 0) is 4.79 Å². The second-order valence-electron chi connectivity index (χ2n) is 9.47. The van der Waals surface area contributed by atoms with E-state index in [0.29, 0.717) is 63.7 Å².